The van der Waals surface area contributed by atoms with Crippen molar-refractivity contribution in [2.45, 2.75) is 58.4 Å². The molecule has 1 fully saturated rings. The maximum Gasteiger partial charge on any atom is 0.0153 e. The summed E-state index contributed by atoms with van der Waals surface area (Å²) >= 11 is 0. The van der Waals surface area contributed by atoms with E-state index in [0.717, 1.165) is 5.92 Å². The summed E-state index contributed by atoms with van der Waals surface area (Å²) in [6.45, 7) is 8.22. The Bertz CT molecular complexity index is 117. The van der Waals surface area contributed by atoms with Gasteiger partial charge in [0.2, 0.25) is 0 Å². The monoisotopic (exact) mass is 169 g/mol. The van der Waals surface area contributed by atoms with Crippen LogP contribution < -0.4 is 5.32 Å². The van der Waals surface area contributed by atoms with Crippen molar-refractivity contribution in [3.05, 3.63) is 0 Å². The molecule has 1 heteroatoms. The highest BCUT2D eigenvalue weighted by Gasteiger charge is 2.27. The van der Waals surface area contributed by atoms with Gasteiger partial charge in [0.05, 0.1) is 0 Å². The fraction of sp³-hybridized carbons (Fsp3) is 1.00. The summed E-state index contributed by atoms with van der Waals surface area (Å²) in [5, 5.41) is 3.68. The van der Waals surface area contributed by atoms with Crippen LogP contribution in [0.2, 0.25) is 0 Å². The van der Waals surface area contributed by atoms with Gasteiger partial charge in [-0.1, -0.05) is 26.7 Å². The summed E-state index contributed by atoms with van der Waals surface area (Å²) in [6, 6.07) is 0. The molecule has 0 aromatic rings. The van der Waals surface area contributed by atoms with Crippen LogP contribution in [-0.4, -0.2) is 12.1 Å². The average molecular weight is 169 g/mol. The minimum atomic E-state index is 0.461. The first kappa shape index (κ1) is 10.0. The van der Waals surface area contributed by atoms with Gasteiger partial charge >= 0.3 is 0 Å². The van der Waals surface area contributed by atoms with Crippen LogP contribution in [0.1, 0.15) is 52.9 Å². The lowest BCUT2D eigenvalue weighted by Crippen LogP contribution is -2.48. The van der Waals surface area contributed by atoms with Gasteiger partial charge in [-0.15, -0.1) is 0 Å². The van der Waals surface area contributed by atoms with E-state index in [1.807, 2.05) is 0 Å². The van der Waals surface area contributed by atoms with Crippen LogP contribution in [0.5, 0.6) is 0 Å². The fourth-order valence-corrected chi connectivity index (χ4v) is 1.96. The van der Waals surface area contributed by atoms with E-state index in [4.69, 9.17) is 0 Å². The van der Waals surface area contributed by atoms with Crippen molar-refractivity contribution < 1.29 is 0 Å². The second-order valence-corrected chi connectivity index (χ2v) is 4.69. The number of nitrogens with one attached hydrogen (secondary N) is 1. The van der Waals surface area contributed by atoms with Crippen LogP contribution in [0, 0.1) is 5.92 Å². The molecule has 12 heavy (non-hydrogen) atoms. The van der Waals surface area contributed by atoms with Gasteiger partial charge in [-0.05, 0) is 38.6 Å². The molecular weight excluding hydrogens is 146 g/mol. The molecule has 0 radical (unpaired) electrons. The van der Waals surface area contributed by atoms with E-state index in [2.05, 4.69) is 26.1 Å². The molecule has 72 valence electrons. The maximum absolute atomic E-state index is 3.68. The van der Waals surface area contributed by atoms with Crippen molar-refractivity contribution in [1.29, 1.82) is 0 Å². The Labute approximate surface area is 76.9 Å². The first-order valence-corrected chi connectivity index (χ1v) is 5.41. The fourth-order valence-electron chi connectivity index (χ4n) is 1.96. The summed E-state index contributed by atoms with van der Waals surface area (Å²) in [4.78, 5) is 0. The van der Waals surface area contributed by atoms with E-state index in [0.29, 0.717) is 5.54 Å². The predicted molar refractivity (Wildman–Crippen MR) is 54.3 cm³/mol. The van der Waals surface area contributed by atoms with Crippen LogP contribution in [0.4, 0.5) is 0 Å². The smallest absolute Gasteiger partial charge is 0.0153 e. The Morgan fingerprint density at radius 3 is 2.75 bits per heavy atom. The van der Waals surface area contributed by atoms with Gasteiger partial charge in [-0.2, -0.15) is 0 Å². The van der Waals surface area contributed by atoms with Gasteiger partial charge in [-0.3, -0.25) is 0 Å². The zero-order chi connectivity index (χ0) is 9.03. The number of piperidine rings is 1. The molecule has 0 spiro atoms. The molecule has 1 N–H and O–H groups in total. The Morgan fingerprint density at radius 1 is 1.50 bits per heavy atom. The number of hydrogen-bond acceptors (Lipinski definition) is 1. The lowest BCUT2D eigenvalue weighted by atomic mass is 9.83. The molecule has 1 rings (SSSR count). The lowest BCUT2D eigenvalue weighted by Gasteiger charge is -2.37. The van der Waals surface area contributed by atoms with E-state index >= 15 is 0 Å². The highest BCUT2D eigenvalue weighted by Crippen LogP contribution is 2.26. The van der Waals surface area contributed by atoms with E-state index < -0.39 is 0 Å². The largest absolute Gasteiger partial charge is 0.311 e. The summed E-state index contributed by atoms with van der Waals surface area (Å²) in [6.07, 6.45) is 6.84. The molecule has 0 aromatic heterocycles. The van der Waals surface area contributed by atoms with Crippen LogP contribution >= 0.6 is 0 Å². The summed E-state index contributed by atoms with van der Waals surface area (Å²) in [5.74, 6) is 0.889. The minimum absolute atomic E-state index is 0.461. The summed E-state index contributed by atoms with van der Waals surface area (Å²) < 4.78 is 0. The van der Waals surface area contributed by atoms with E-state index in [1.165, 1.54) is 38.6 Å². The quantitative estimate of drug-likeness (QED) is 0.685. The molecule has 1 unspecified atom stereocenters. The van der Waals surface area contributed by atoms with Crippen molar-refractivity contribution in [2.24, 2.45) is 5.92 Å². The van der Waals surface area contributed by atoms with Gasteiger partial charge < -0.3 is 5.32 Å². The Kier molecular flexibility index (Phi) is 3.57. The topological polar surface area (TPSA) is 12.0 Å². The Balaban J connectivity index is 2.29. The first-order valence-electron chi connectivity index (χ1n) is 5.41. The first-order chi connectivity index (χ1) is 5.66. The molecule has 0 bridgehead atoms. The summed E-state index contributed by atoms with van der Waals surface area (Å²) in [7, 11) is 0. The maximum atomic E-state index is 3.68. The van der Waals surface area contributed by atoms with Crippen molar-refractivity contribution in [2.75, 3.05) is 6.54 Å². The zero-order valence-electron chi connectivity index (χ0n) is 8.82. The third-order valence-electron chi connectivity index (χ3n) is 3.15. The van der Waals surface area contributed by atoms with E-state index in [-0.39, 0.29) is 0 Å². The van der Waals surface area contributed by atoms with Crippen molar-refractivity contribution in [1.82, 2.24) is 5.32 Å². The molecule has 1 saturated heterocycles. The van der Waals surface area contributed by atoms with E-state index in [1.54, 1.807) is 0 Å². The SMILES string of the molecule is CCCCC1(C)CC[C@H](C)CN1. The van der Waals surface area contributed by atoms with Crippen molar-refractivity contribution >= 4 is 0 Å². The zero-order valence-corrected chi connectivity index (χ0v) is 8.82. The van der Waals surface area contributed by atoms with Crippen LogP contribution in [0.3, 0.4) is 0 Å². The molecule has 2 atom stereocenters. The number of rotatable bonds is 3. The summed E-state index contributed by atoms with van der Waals surface area (Å²) in [5.41, 5.74) is 0.461. The third kappa shape index (κ3) is 2.78. The average Bonchev–Trinajstić information content (AvgIpc) is 2.08. The molecule has 0 aliphatic carbocycles. The standard InChI is InChI=1S/C11H23N/c1-4-5-7-11(3)8-6-10(2)9-12-11/h10,12H,4-9H2,1-3H3/t10-,11?/m0/s1. The van der Waals surface area contributed by atoms with Gasteiger partial charge in [-0.25, -0.2) is 0 Å². The molecule has 0 amide bonds. The molecule has 1 aliphatic rings. The normalized spacial score (nSPS) is 36.8. The number of unbranched alkanes of at least 4 members (excludes halogenated alkanes) is 1. The minimum Gasteiger partial charge on any atom is -0.311 e. The van der Waals surface area contributed by atoms with Gasteiger partial charge in [0.1, 0.15) is 0 Å². The van der Waals surface area contributed by atoms with Crippen molar-refractivity contribution in [3.8, 4) is 0 Å². The molecule has 0 saturated carbocycles. The Morgan fingerprint density at radius 2 is 2.25 bits per heavy atom. The lowest BCUT2D eigenvalue weighted by molar-refractivity contribution is 0.216. The molecular formula is C11H23N. The van der Waals surface area contributed by atoms with Gasteiger partial charge in [0, 0.05) is 5.54 Å². The molecule has 1 heterocycles. The van der Waals surface area contributed by atoms with E-state index in [9.17, 15) is 0 Å². The molecule has 1 nitrogen and oxygen atoms in total. The highest BCUT2D eigenvalue weighted by atomic mass is 15.0. The molecule has 0 aromatic carbocycles. The van der Waals surface area contributed by atoms with Crippen LogP contribution in [-0.2, 0) is 0 Å². The van der Waals surface area contributed by atoms with Gasteiger partial charge in [0.25, 0.3) is 0 Å². The second kappa shape index (κ2) is 4.27. The second-order valence-electron chi connectivity index (χ2n) is 4.69. The highest BCUT2D eigenvalue weighted by molar-refractivity contribution is 4.87. The Hall–Kier alpha value is -0.0400. The van der Waals surface area contributed by atoms with Crippen LogP contribution in [0.25, 0.3) is 0 Å². The van der Waals surface area contributed by atoms with Crippen molar-refractivity contribution in [3.63, 3.8) is 0 Å². The van der Waals surface area contributed by atoms with Gasteiger partial charge in [0.15, 0.2) is 0 Å². The third-order valence-corrected chi connectivity index (χ3v) is 3.15. The predicted octanol–water partition coefficient (Wildman–Crippen LogP) is 2.95. The molecule has 1 aliphatic heterocycles. The number of hydrogen-bond donors (Lipinski definition) is 1. The van der Waals surface area contributed by atoms with Crippen LogP contribution in [0.15, 0.2) is 0 Å².